The Morgan fingerprint density at radius 2 is 0.772 bits per heavy atom. The summed E-state index contributed by atoms with van der Waals surface area (Å²) in [7, 11) is 0. The van der Waals surface area contributed by atoms with Gasteiger partial charge in [-0.25, -0.2) is 0 Å². The SMILES string of the molecule is CCCCC/C=C\C=C/CCCCCCCCCCCC(O)C(=O)NC(CO)C(O)/C=C/CC/C=C/CC/C=C/CCCCCCCCCCCCCCCCC. The lowest BCUT2D eigenvalue weighted by atomic mass is 10.0. The van der Waals surface area contributed by atoms with E-state index in [9.17, 15) is 20.1 Å². The quantitative estimate of drug-likeness (QED) is 0.0281. The number of amides is 1. The Kier molecular flexibility index (Phi) is 45.1. The van der Waals surface area contributed by atoms with Crippen LogP contribution in [-0.2, 0) is 4.79 Å². The summed E-state index contributed by atoms with van der Waals surface area (Å²) >= 11 is 0. The van der Waals surface area contributed by atoms with Crippen LogP contribution in [-0.4, -0.2) is 46.1 Å². The standard InChI is InChI=1S/C52H95NO4/c1-3-5-7-9-11-13-15-17-19-21-23-24-25-26-27-28-29-31-32-34-36-38-40-42-44-46-50(55)49(48-54)53-52(57)51(56)47-45-43-41-39-37-35-33-30-22-20-18-16-14-12-10-8-6-4-2/h12,14,16,18,29,31,36,38,44,46,49-51,54-56H,3-11,13,15,17,19-28,30,32-35,37,39-43,45,47-48H2,1-2H3,(H,53,57)/b14-12-,18-16-,31-29+,38-36+,46-44+. The molecule has 0 fully saturated rings. The van der Waals surface area contributed by atoms with E-state index >= 15 is 0 Å². The van der Waals surface area contributed by atoms with Crippen LogP contribution in [0.4, 0.5) is 0 Å². The van der Waals surface area contributed by atoms with Crippen molar-refractivity contribution in [3.8, 4) is 0 Å². The number of hydrogen-bond acceptors (Lipinski definition) is 4. The number of nitrogens with one attached hydrogen (secondary N) is 1. The van der Waals surface area contributed by atoms with Crippen molar-refractivity contribution in [2.45, 2.75) is 257 Å². The van der Waals surface area contributed by atoms with Crippen LogP contribution < -0.4 is 5.32 Å². The average Bonchev–Trinajstić information content (AvgIpc) is 3.22. The van der Waals surface area contributed by atoms with E-state index in [1.54, 1.807) is 6.08 Å². The number of aliphatic hydroxyl groups excluding tert-OH is 3. The average molecular weight is 798 g/mol. The summed E-state index contributed by atoms with van der Waals surface area (Å²) in [5.41, 5.74) is 0. The molecular formula is C52H95NO4. The van der Waals surface area contributed by atoms with Gasteiger partial charge in [-0.05, 0) is 70.6 Å². The smallest absolute Gasteiger partial charge is 0.249 e. The number of carbonyl (C=O) groups is 1. The zero-order chi connectivity index (χ0) is 41.5. The highest BCUT2D eigenvalue weighted by molar-refractivity contribution is 5.80. The van der Waals surface area contributed by atoms with Crippen LogP contribution >= 0.6 is 0 Å². The molecule has 0 saturated carbocycles. The maximum absolute atomic E-state index is 12.5. The molecule has 0 aliphatic heterocycles. The molecule has 0 aromatic rings. The summed E-state index contributed by atoms with van der Waals surface area (Å²) in [5, 5.41) is 33.2. The van der Waals surface area contributed by atoms with Crippen molar-refractivity contribution < 1.29 is 20.1 Å². The van der Waals surface area contributed by atoms with Gasteiger partial charge in [-0.1, -0.05) is 229 Å². The second-order valence-electron chi connectivity index (χ2n) is 16.7. The van der Waals surface area contributed by atoms with Gasteiger partial charge in [0.05, 0.1) is 18.8 Å². The number of hydrogen-bond donors (Lipinski definition) is 4. The Bertz CT molecular complexity index is 969. The molecule has 0 aliphatic carbocycles. The summed E-state index contributed by atoms with van der Waals surface area (Å²) in [6, 6.07) is -0.826. The minimum atomic E-state index is -1.12. The molecule has 0 spiro atoms. The molecule has 0 radical (unpaired) electrons. The molecule has 0 heterocycles. The Labute approximate surface area is 354 Å². The Morgan fingerprint density at radius 1 is 0.439 bits per heavy atom. The maximum atomic E-state index is 12.5. The Hall–Kier alpha value is -1.95. The van der Waals surface area contributed by atoms with Crippen LogP contribution in [0.15, 0.2) is 60.8 Å². The molecule has 0 saturated heterocycles. The van der Waals surface area contributed by atoms with Crippen LogP contribution in [0, 0.1) is 0 Å². The van der Waals surface area contributed by atoms with Crippen LogP contribution in [0.3, 0.4) is 0 Å². The molecule has 0 bridgehead atoms. The first kappa shape index (κ1) is 55.0. The second-order valence-corrected chi connectivity index (χ2v) is 16.7. The lowest BCUT2D eigenvalue weighted by Crippen LogP contribution is -2.48. The Morgan fingerprint density at radius 3 is 1.21 bits per heavy atom. The fourth-order valence-corrected chi connectivity index (χ4v) is 7.21. The van der Waals surface area contributed by atoms with Crippen molar-refractivity contribution in [1.29, 1.82) is 0 Å². The molecule has 0 aromatic heterocycles. The number of carbonyl (C=O) groups excluding carboxylic acids is 1. The van der Waals surface area contributed by atoms with Gasteiger partial charge in [0.15, 0.2) is 0 Å². The van der Waals surface area contributed by atoms with Gasteiger partial charge in [-0.3, -0.25) is 4.79 Å². The first-order chi connectivity index (χ1) is 28.1. The van der Waals surface area contributed by atoms with Gasteiger partial charge in [-0.2, -0.15) is 0 Å². The number of aliphatic hydroxyl groups is 3. The first-order valence-electron chi connectivity index (χ1n) is 24.6. The lowest BCUT2D eigenvalue weighted by Gasteiger charge is -2.21. The second kappa shape index (κ2) is 46.7. The summed E-state index contributed by atoms with van der Waals surface area (Å²) in [4.78, 5) is 12.5. The third-order valence-electron chi connectivity index (χ3n) is 11.1. The van der Waals surface area contributed by atoms with E-state index in [0.29, 0.717) is 6.42 Å². The van der Waals surface area contributed by atoms with Gasteiger partial charge >= 0.3 is 0 Å². The van der Waals surface area contributed by atoms with E-state index in [4.69, 9.17) is 0 Å². The highest BCUT2D eigenvalue weighted by atomic mass is 16.3. The third-order valence-corrected chi connectivity index (χ3v) is 11.1. The summed E-state index contributed by atoms with van der Waals surface area (Å²) in [6.45, 7) is 4.14. The Balaban J connectivity index is 3.71. The third kappa shape index (κ3) is 42.0. The number of rotatable bonds is 44. The predicted octanol–water partition coefficient (Wildman–Crippen LogP) is 14.7. The van der Waals surface area contributed by atoms with Gasteiger partial charge < -0.3 is 20.6 Å². The van der Waals surface area contributed by atoms with E-state index in [1.807, 2.05) is 6.08 Å². The molecule has 5 nitrogen and oxygen atoms in total. The van der Waals surface area contributed by atoms with Crippen LogP contribution in [0.25, 0.3) is 0 Å². The first-order valence-corrected chi connectivity index (χ1v) is 24.6. The van der Waals surface area contributed by atoms with Crippen molar-refractivity contribution in [2.24, 2.45) is 0 Å². The fourth-order valence-electron chi connectivity index (χ4n) is 7.21. The minimum absolute atomic E-state index is 0.385. The largest absolute Gasteiger partial charge is 0.394 e. The van der Waals surface area contributed by atoms with E-state index in [1.165, 1.54) is 173 Å². The van der Waals surface area contributed by atoms with Crippen molar-refractivity contribution in [1.82, 2.24) is 5.32 Å². The summed E-state index contributed by atoms with van der Waals surface area (Å²) in [6.07, 6.45) is 62.7. The zero-order valence-electron chi connectivity index (χ0n) is 37.7. The molecule has 0 aromatic carbocycles. The molecule has 5 heteroatoms. The van der Waals surface area contributed by atoms with Crippen LogP contribution in [0.1, 0.15) is 239 Å². The van der Waals surface area contributed by atoms with Gasteiger partial charge in [0, 0.05) is 0 Å². The highest BCUT2D eigenvalue weighted by Crippen LogP contribution is 2.15. The highest BCUT2D eigenvalue weighted by Gasteiger charge is 2.22. The normalized spacial score (nSPS) is 14.0. The number of unbranched alkanes of at least 4 members (excludes halogenated alkanes) is 29. The topological polar surface area (TPSA) is 89.8 Å². The van der Waals surface area contributed by atoms with Crippen molar-refractivity contribution >= 4 is 5.91 Å². The van der Waals surface area contributed by atoms with E-state index < -0.39 is 24.2 Å². The molecule has 4 N–H and O–H groups in total. The van der Waals surface area contributed by atoms with E-state index in [2.05, 4.69) is 67.8 Å². The van der Waals surface area contributed by atoms with Gasteiger partial charge in [-0.15, -0.1) is 0 Å². The van der Waals surface area contributed by atoms with E-state index in [0.717, 1.165) is 44.9 Å². The fraction of sp³-hybridized carbons (Fsp3) is 0.788. The number of allylic oxidation sites excluding steroid dienone is 9. The zero-order valence-corrected chi connectivity index (χ0v) is 37.7. The molecule has 0 aliphatic rings. The van der Waals surface area contributed by atoms with Gasteiger partial charge in [0.25, 0.3) is 0 Å². The molecule has 332 valence electrons. The van der Waals surface area contributed by atoms with Crippen molar-refractivity contribution in [3.05, 3.63) is 60.8 Å². The van der Waals surface area contributed by atoms with Gasteiger partial charge in [0.2, 0.25) is 5.91 Å². The van der Waals surface area contributed by atoms with Crippen LogP contribution in [0.2, 0.25) is 0 Å². The van der Waals surface area contributed by atoms with Gasteiger partial charge in [0.1, 0.15) is 6.10 Å². The molecule has 3 unspecified atom stereocenters. The summed E-state index contributed by atoms with van der Waals surface area (Å²) in [5.74, 6) is -0.522. The van der Waals surface area contributed by atoms with Crippen LogP contribution in [0.5, 0.6) is 0 Å². The van der Waals surface area contributed by atoms with Crippen molar-refractivity contribution in [2.75, 3.05) is 6.61 Å². The minimum Gasteiger partial charge on any atom is -0.394 e. The van der Waals surface area contributed by atoms with Crippen molar-refractivity contribution in [3.63, 3.8) is 0 Å². The molecule has 57 heavy (non-hydrogen) atoms. The molecule has 3 atom stereocenters. The molecular weight excluding hydrogens is 703 g/mol. The molecule has 0 rings (SSSR count). The van der Waals surface area contributed by atoms with E-state index in [-0.39, 0.29) is 6.61 Å². The molecule has 1 amide bonds. The maximum Gasteiger partial charge on any atom is 0.249 e. The monoisotopic (exact) mass is 798 g/mol. The predicted molar refractivity (Wildman–Crippen MR) is 250 cm³/mol. The lowest BCUT2D eigenvalue weighted by molar-refractivity contribution is -0.131. The summed E-state index contributed by atoms with van der Waals surface area (Å²) < 4.78 is 0.